The lowest BCUT2D eigenvalue weighted by atomic mass is 10.1. The molecule has 0 radical (unpaired) electrons. The average Bonchev–Trinajstić information content (AvgIpc) is 2.54. The van der Waals surface area contributed by atoms with Crippen LogP contribution in [0.2, 0.25) is 0 Å². The topological polar surface area (TPSA) is 78.5 Å². The van der Waals surface area contributed by atoms with Crippen molar-refractivity contribution in [3.63, 3.8) is 0 Å². The Morgan fingerprint density at radius 1 is 1.32 bits per heavy atom. The summed E-state index contributed by atoms with van der Waals surface area (Å²) in [6.07, 6.45) is -3.48. The number of hydrogen-bond donors (Lipinski definition) is 2. The van der Waals surface area contributed by atoms with E-state index in [1.54, 1.807) is 0 Å². The van der Waals surface area contributed by atoms with Crippen LogP contribution in [-0.4, -0.2) is 70.4 Å². The molecular weight excluding hydrogens is 359 g/mol. The molecule has 0 aliphatic carbocycles. The maximum atomic E-state index is 13.3. The molecule has 1 saturated heterocycles. The van der Waals surface area contributed by atoms with Gasteiger partial charge in [-0.1, -0.05) is 6.07 Å². The van der Waals surface area contributed by atoms with Gasteiger partial charge < -0.3 is 10.6 Å². The van der Waals surface area contributed by atoms with Crippen molar-refractivity contribution in [2.45, 2.75) is 17.1 Å². The summed E-state index contributed by atoms with van der Waals surface area (Å²) in [5.41, 5.74) is 0.00385. The third-order valence-corrected chi connectivity index (χ3v) is 5.06. The van der Waals surface area contributed by atoms with Gasteiger partial charge >= 0.3 is 6.18 Å². The van der Waals surface area contributed by atoms with E-state index in [-0.39, 0.29) is 23.5 Å². The number of hydrogen-bond acceptors (Lipinski definition) is 5. The van der Waals surface area contributed by atoms with Crippen molar-refractivity contribution in [1.29, 1.82) is 0 Å². The number of alkyl halides is 3. The predicted molar refractivity (Wildman–Crippen MR) is 86.2 cm³/mol. The van der Waals surface area contributed by atoms with E-state index in [4.69, 9.17) is 0 Å². The van der Waals surface area contributed by atoms with Gasteiger partial charge in [0.1, 0.15) is 6.04 Å². The maximum Gasteiger partial charge on any atom is 0.405 e. The SMILES string of the molecule is CS(=O)(=O)c1cccc(C(=O)NCC(N2CCNCC2)C(F)(F)F)c1. The van der Waals surface area contributed by atoms with Gasteiger partial charge in [0.2, 0.25) is 0 Å². The zero-order valence-corrected chi connectivity index (χ0v) is 14.5. The molecule has 1 aromatic rings. The Kier molecular flexibility index (Phi) is 6.07. The van der Waals surface area contributed by atoms with Gasteiger partial charge in [0.05, 0.1) is 4.90 Å². The molecular formula is C15H20F3N3O3S. The molecule has 25 heavy (non-hydrogen) atoms. The number of carbonyl (C=O) groups is 1. The van der Waals surface area contributed by atoms with E-state index in [1.807, 2.05) is 0 Å². The lowest BCUT2D eigenvalue weighted by Crippen LogP contribution is -2.57. The van der Waals surface area contributed by atoms with Gasteiger partial charge in [-0.25, -0.2) is 8.42 Å². The molecule has 1 fully saturated rings. The first-order chi connectivity index (χ1) is 11.6. The lowest BCUT2D eigenvalue weighted by Gasteiger charge is -2.35. The van der Waals surface area contributed by atoms with Crippen LogP contribution in [0, 0.1) is 0 Å². The Morgan fingerprint density at radius 3 is 2.52 bits per heavy atom. The van der Waals surface area contributed by atoms with E-state index in [0.29, 0.717) is 13.1 Å². The van der Waals surface area contributed by atoms with Crippen LogP contribution in [-0.2, 0) is 9.84 Å². The summed E-state index contributed by atoms with van der Waals surface area (Å²) in [4.78, 5) is 13.4. The largest absolute Gasteiger partial charge is 0.405 e. The highest BCUT2D eigenvalue weighted by atomic mass is 32.2. The molecule has 1 aromatic carbocycles. The van der Waals surface area contributed by atoms with Gasteiger partial charge in [0.15, 0.2) is 9.84 Å². The van der Waals surface area contributed by atoms with Crippen LogP contribution >= 0.6 is 0 Å². The molecule has 140 valence electrons. The fraction of sp³-hybridized carbons (Fsp3) is 0.533. The molecule has 2 rings (SSSR count). The smallest absolute Gasteiger partial charge is 0.350 e. The summed E-state index contributed by atoms with van der Waals surface area (Å²) in [5.74, 6) is -0.741. The van der Waals surface area contributed by atoms with Crippen molar-refractivity contribution in [2.75, 3.05) is 39.0 Å². The summed E-state index contributed by atoms with van der Waals surface area (Å²) in [5, 5.41) is 5.24. The van der Waals surface area contributed by atoms with Crippen molar-refractivity contribution in [2.24, 2.45) is 0 Å². The number of rotatable bonds is 5. The van der Waals surface area contributed by atoms with Crippen molar-refractivity contribution < 1.29 is 26.4 Å². The molecule has 0 saturated carbocycles. The molecule has 10 heteroatoms. The Hall–Kier alpha value is -1.65. The Balaban J connectivity index is 2.08. The Morgan fingerprint density at radius 2 is 1.96 bits per heavy atom. The maximum absolute atomic E-state index is 13.3. The average molecular weight is 379 g/mol. The minimum atomic E-state index is -4.47. The first kappa shape index (κ1) is 19.7. The van der Waals surface area contributed by atoms with Crippen molar-refractivity contribution >= 4 is 15.7 Å². The first-order valence-electron chi connectivity index (χ1n) is 7.69. The lowest BCUT2D eigenvalue weighted by molar-refractivity contribution is -0.183. The summed E-state index contributed by atoms with van der Waals surface area (Å²) < 4.78 is 62.9. The Bertz CT molecular complexity index is 716. The number of sulfone groups is 1. The summed E-state index contributed by atoms with van der Waals surface area (Å²) in [6, 6.07) is 3.43. The van der Waals surface area contributed by atoms with Crippen molar-refractivity contribution in [3.8, 4) is 0 Å². The molecule has 1 aliphatic heterocycles. The number of nitrogens with zero attached hydrogens (tertiary/aromatic N) is 1. The molecule has 1 unspecified atom stereocenters. The summed E-state index contributed by atoms with van der Waals surface area (Å²) >= 11 is 0. The van der Waals surface area contributed by atoms with Gasteiger partial charge in [0.25, 0.3) is 5.91 Å². The quantitative estimate of drug-likeness (QED) is 0.786. The monoisotopic (exact) mass is 379 g/mol. The minimum Gasteiger partial charge on any atom is -0.350 e. The van der Waals surface area contributed by atoms with Crippen LogP contribution in [0.1, 0.15) is 10.4 Å². The van der Waals surface area contributed by atoms with Crippen LogP contribution in [0.5, 0.6) is 0 Å². The third-order valence-electron chi connectivity index (χ3n) is 3.95. The standard InChI is InChI=1S/C15H20F3N3O3S/c1-25(23,24)12-4-2-3-11(9-12)14(22)20-10-13(15(16,17)18)21-7-5-19-6-8-21/h2-4,9,13,19H,5-8,10H2,1H3,(H,20,22). The van der Waals surface area contributed by atoms with Gasteiger partial charge in [-0.3, -0.25) is 9.69 Å². The number of nitrogens with one attached hydrogen (secondary N) is 2. The summed E-state index contributed by atoms with van der Waals surface area (Å²) in [7, 11) is -3.51. The van der Waals surface area contributed by atoms with Crippen LogP contribution in [0.25, 0.3) is 0 Å². The number of piperazine rings is 1. The number of halogens is 3. The second-order valence-electron chi connectivity index (χ2n) is 5.85. The highest BCUT2D eigenvalue weighted by molar-refractivity contribution is 7.90. The van der Waals surface area contributed by atoms with Crippen LogP contribution in [0.15, 0.2) is 29.2 Å². The highest BCUT2D eigenvalue weighted by Gasteiger charge is 2.43. The molecule has 1 heterocycles. The molecule has 0 spiro atoms. The minimum absolute atomic E-state index is 0.00385. The highest BCUT2D eigenvalue weighted by Crippen LogP contribution is 2.25. The van der Waals surface area contributed by atoms with E-state index in [2.05, 4.69) is 10.6 Å². The zero-order chi connectivity index (χ0) is 18.7. The first-order valence-corrected chi connectivity index (χ1v) is 9.58. The second-order valence-corrected chi connectivity index (χ2v) is 7.87. The van der Waals surface area contributed by atoms with Crippen LogP contribution < -0.4 is 10.6 Å². The molecule has 6 nitrogen and oxygen atoms in total. The van der Waals surface area contributed by atoms with E-state index in [1.165, 1.54) is 23.1 Å². The van der Waals surface area contributed by atoms with Crippen LogP contribution in [0.4, 0.5) is 13.2 Å². The molecule has 1 atom stereocenters. The van der Waals surface area contributed by atoms with Gasteiger partial charge in [-0.2, -0.15) is 13.2 Å². The molecule has 1 aliphatic rings. The Labute approximate surface area is 144 Å². The van der Waals surface area contributed by atoms with Gasteiger partial charge in [-0.05, 0) is 18.2 Å². The number of carbonyl (C=O) groups excluding carboxylic acids is 1. The molecule has 2 N–H and O–H groups in total. The van der Waals surface area contributed by atoms with E-state index < -0.39 is 34.5 Å². The van der Waals surface area contributed by atoms with E-state index in [9.17, 15) is 26.4 Å². The van der Waals surface area contributed by atoms with Crippen LogP contribution in [0.3, 0.4) is 0 Å². The fourth-order valence-corrected chi connectivity index (χ4v) is 3.27. The van der Waals surface area contributed by atoms with Crippen molar-refractivity contribution in [1.82, 2.24) is 15.5 Å². The van der Waals surface area contributed by atoms with E-state index >= 15 is 0 Å². The molecule has 0 aromatic heterocycles. The molecule has 1 amide bonds. The fourth-order valence-electron chi connectivity index (χ4n) is 2.61. The van der Waals surface area contributed by atoms with Gasteiger partial charge in [0, 0.05) is 44.5 Å². The third kappa shape index (κ3) is 5.41. The van der Waals surface area contributed by atoms with Crippen molar-refractivity contribution in [3.05, 3.63) is 29.8 Å². The zero-order valence-electron chi connectivity index (χ0n) is 13.6. The molecule has 0 bridgehead atoms. The normalized spacial score (nSPS) is 17.9. The van der Waals surface area contributed by atoms with E-state index in [0.717, 1.165) is 12.3 Å². The summed E-state index contributed by atoms with van der Waals surface area (Å²) in [6.45, 7) is 0.798. The number of amides is 1. The van der Waals surface area contributed by atoms with Gasteiger partial charge in [-0.15, -0.1) is 0 Å². The second kappa shape index (κ2) is 7.71. The predicted octanol–water partition coefficient (Wildman–Crippen LogP) is 0.656. The number of benzene rings is 1.